The molecule has 4 nitrogen and oxygen atoms in total. The highest BCUT2D eigenvalue weighted by molar-refractivity contribution is 6.35. The minimum atomic E-state index is -0.774. The summed E-state index contributed by atoms with van der Waals surface area (Å²) >= 11 is 11.8. The fraction of sp³-hybridized carbons (Fsp3) is 0.273. The first kappa shape index (κ1) is 13.8. The topological polar surface area (TPSA) is 62.1 Å². The number of carbonyl (C=O) groups excluding carboxylic acids is 1. The van der Waals surface area contributed by atoms with Crippen LogP contribution in [0.2, 0.25) is 10.0 Å². The lowest BCUT2D eigenvalue weighted by atomic mass is 10.1. The van der Waals surface area contributed by atoms with Crippen molar-refractivity contribution in [2.24, 2.45) is 0 Å². The van der Waals surface area contributed by atoms with E-state index in [1.807, 2.05) is 6.07 Å². The first-order chi connectivity index (χ1) is 8.10. The average Bonchev–Trinajstić information content (AvgIpc) is 2.31. The normalized spacial score (nSPS) is 11.6. The third-order valence-electron chi connectivity index (χ3n) is 2.10. The number of nitriles is 1. The lowest BCUT2D eigenvalue weighted by Crippen LogP contribution is -2.30. The summed E-state index contributed by atoms with van der Waals surface area (Å²) in [6, 6.07) is 5.89. The van der Waals surface area contributed by atoms with Gasteiger partial charge in [-0.05, 0) is 17.7 Å². The summed E-state index contributed by atoms with van der Waals surface area (Å²) in [5.41, 5.74) is 0.526. The van der Waals surface area contributed by atoms with Crippen LogP contribution in [0, 0.1) is 11.3 Å². The molecule has 0 unspecified atom stereocenters. The molecule has 0 radical (unpaired) electrons. The van der Waals surface area contributed by atoms with Crippen LogP contribution in [0.4, 0.5) is 0 Å². The lowest BCUT2D eigenvalue weighted by Gasteiger charge is -2.16. The molecule has 1 aromatic rings. The largest absolute Gasteiger partial charge is 0.468 e. The van der Waals surface area contributed by atoms with E-state index in [0.29, 0.717) is 15.6 Å². The first-order valence-corrected chi connectivity index (χ1v) is 5.49. The quantitative estimate of drug-likeness (QED) is 0.675. The summed E-state index contributed by atoms with van der Waals surface area (Å²) in [5.74, 6) is -0.510. The van der Waals surface area contributed by atoms with E-state index in [-0.39, 0.29) is 6.54 Å². The van der Waals surface area contributed by atoms with Crippen LogP contribution in [0.15, 0.2) is 18.2 Å². The van der Waals surface area contributed by atoms with Gasteiger partial charge in [-0.1, -0.05) is 29.3 Å². The van der Waals surface area contributed by atoms with Crippen LogP contribution in [0.3, 0.4) is 0 Å². The van der Waals surface area contributed by atoms with Gasteiger partial charge in [0.15, 0.2) is 0 Å². The van der Waals surface area contributed by atoms with Crippen LogP contribution in [0.25, 0.3) is 0 Å². The second kappa shape index (κ2) is 6.45. The van der Waals surface area contributed by atoms with E-state index < -0.39 is 12.0 Å². The van der Waals surface area contributed by atoms with E-state index in [4.69, 9.17) is 28.5 Å². The highest BCUT2D eigenvalue weighted by atomic mass is 35.5. The number of nitrogens with one attached hydrogen (secondary N) is 1. The Bertz CT molecular complexity index is 457. The molecule has 0 bridgehead atoms. The molecule has 0 aliphatic rings. The van der Waals surface area contributed by atoms with Gasteiger partial charge in [0.25, 0.3) is 0 Å². The van der Waals surface area contributed by atoms with Crippen molar-refractivity contribution >= 4 is 29.2 Å². The Balaban J connectivity index is 3.04. The van der Waals surface area contributed by atoms with Crippen LogP contribution in [-0.4, -0.2) is 19.6 Å². The van der Waals surface area contributed by atoms with Gasteiger partial charge in [-0.2, -0.15) is 5.26 Å². The predicted octanol–water partition coefficient (Wildman–Crippen LogP) is 2.32. The third kappa shape index (κ3) is 3.60. The van der Waals surface area contributed by atoms with Crippen molar-refractivity contribution in [3.05, 3.63) is 33.8 Å². The molecule has 0 aliphatic heterocycles. The van der Waals surface area contributed by atoms with Crippen molar-refractivity contribution in [2.45, 2.75) is 6.04 Å². The number of carbonyl (C=O) groups is 1. The van der Waals surface area contributed by atoms with E-state index in [1.165, 1.54) is 13.2 Å². The molecule has 0 saturated carbocycles. The Morgan fingerprint density at radius 1 is 1.59 bits per heavy atom. The zero-order valence-electron chi connectivity index (χ0n) is 9.04. The van der Waals surface area contributed by atoms with Crippen LogP contribution in [0.5, 0.6) is 0 Å². The van der Waals surface area contributed by atoms with Gasteiger partial charge in [0.2, 0.25) is 0 Å². The molecular formula is C11H10Cl2N2O2. The number of methoxy groups -OCH3 is 1. The van der Waals surface area contributed by atoms with Crippen LogP contribution in [-0.2, 0) is 9.53 Å². The van der Waals surface area contributed by atoms with Gasteiger partial charge >= 0.3 is 5.97 Å². The zero-order valence-corrected chi connectivity index (χ0v) is 10.5. The molecule has 1 atom stereocenters. The fourth-order valence-electron chi connectivity index (χ4n) is 1.32. The molecule has 0 heterocycles. The molecule has 1 N–H and O–H groups in total. The number of benzene rings is 1. The average molecular weight is 273 g/mol. The molecule has 90 valence electrons. The zero-order chi connectivity index (χ0) is 12.8. The molecule has 0 aliphatic carbocycles. The van der Waals surface area contributed by atoms with Crippen molar-refractivity contribution in [3.63, 3.8) is 0 Å². The molecule has 0 saturated heterocycles. The number of hydrogen-bond acceptors (Lipinski definition) is 4. The van der Waals surface area contributed by atoms with Gasteiger partial charge in [0.1, 0.15) is 6.04 Å². The van der Waals surface area contributed by atoms with E-state index in [0.717, 1.165) is 0 Å². The molecule has 6 heteroatoms. The van der Waals surface area contributed by atoms with Gasteiger partial charge in [-0.3, -0.25) is 5.32 Å². The Morgan fingerprint density at radius 2 is 2.29 bits per heavy atom. The number of halogens is 2. The van der Waals surface area contributed by atoms with Crippen LogP contribution >= 0.6 is 23.2 Å². The van der Waals surface area contributed by atoms with E-state index >= 15 is 0 Å². The summed E-state index contributed by atoms with van der Waals surface area (Å²) in [6.45, 7) is 0.0126. The molecule has 0 fully saturated rings. The monoisotopic (exact) mass is 272 g/mol. The SMILES string of the molecule is COC(=O)[C@@H](NCC#N)c1ccc(Cl)cc1Cl. The number of rotatable bonds is 4. The second-order valence-corrected chi connectivity index (χ2v) is 4.00. The maximum atomic E-state index is 11.6. The van der Waals surface area contributed by atoms with Gasteiger partial charge in [0, 0.05) is 10.0 Å². The maximum absolute atomic E-state index is 11.6. The number of nitrogens with zero attached hydrogens (tertiary/aromatic N) is 1. The summed E-state index contributed by atoms with van der Waals surface area (Å²) in [4.78, 5) is 11.6. The first-order valence-electron chi connectivity index (χ1n) is 4.73. The van der Waals surface area contributed by atoms with Gasteiger partial charge in [-0.25, -0.2) is 4.79 Å². The van der Waals surface area contributed by atoms with Gasteiger partial charge in [0.05, 0.1) is 19.7 Å². The van der Waals surface area contributed by atoms with E-state index in [1.54, 1.807) is 12.1 Å². The molecule has 1 rings (SSSR count). The molecular weight excluding hydrogens is 263 g/mol. The summed E-state index contributed by atoms with van der Waals surface area (Å²) < 4.78 is 4.65. The summed E-state index contributed by atoms with van der Waals surface area (Å²) in [6.07, 6.45) is 0. The molecule has 0 spiro atoms. The predicted molar refractivity (Wildman–Crippen MR) is 64.8 cm³/mol. The van der Waals surface area contributed by atoms with Crippen molar-refractivity contribution in [3.8, 4) is 6.07 Å². The Kier molecular flexibility index (Phi) is 5.23. The molecule has 1 aromatic carbocycles. The van der Waals surface area contributed by atoms with Crippen LogP contribution < -0.4 is 5.32 Å². The summed E-state index contributed by atoms with van der Waals surface area (Å²) in [7, 11) is 1.27. The second-order valence-electron chi connectivity index (χ2n) is 3.16. The highest BCUT2D eigenvalue weighted by Gasteiger charge is 2.23. The smallest absolute Gasteiger partial charge is 0.327 e. The Hall–Kier alpha value is -1.28. The number of ether oxygens (including phenoxy) is 1. The van der Waals surface area contributed by atoms with Crippen molar-refractivity contribution in [1.29, 1.82) is 5.26 Å². The lowest BCUT2D eigenvalue weighted by molar-refractivity contribution is -0.143. The highest BCUT2D eigenvalue weighted by Crippen LogP contribution is 2.26. The number of hydrogen-bond donors (Lipinski definition) is 1. The Labute approximate surface area is 109 Å². The minimum absolute atomic E-state index is 0.0126. The molecule has 0 amide bonds. The van der Waals surface area contributed by atoms with Crippen LogP contribution in [0.1, 0.15) is 11.6 Å². The molecule has 0 aromatic heterocycles. The standard InChI is InChI=1S/C11H10Cl2N2O2/c1-17-11(16)10(15-5-4-14)8-3-2-7(12)6-9(8)13/h2-3,6,10,15H,5H2,1H3/t10-/m0/s1. The van der Waals surface area contributed by atoms with Crippen molar-refractivity contribution in [2.75, 3.05) is 13.7 Å². The Morgan fingerprint density at radius 3 is 2.82 bits per heavy atom. The number of esters is 1. The van der Waals surface area contributed by atoms with E-state index in [2.05, 4.69) is 10.1 Å². The van der Waals surface area contributed by atoms with E-state index in [9.17, 15) is 4.79 Å². The summed E-state index contributed by atoms with van der Waals surface area (Å²) in [5, 5.41) is 12.1. The fourth-order valence-corrected chi connectivity index (χ4v) is 1.84. The van der Waals surface area contributed by atoms with Gasteiger partial charge < -0.3 is 4.74 Å². The van der Waals surface area contributed by atoms with Crippen molar-refractivity contribution in [1.82, 2.24) is 5.32 Å². The van der Waals surface area contributed by atoms with Gasteiger partial charge in [-0.15, -0.1) is 0 Å². The molecule has 17 heavy (non-hydrogen) atoms. The third-order valence-corrected chi connectivity index (χ3v) is 2.66. The minimum Gasteiger partial charge on any atom is -0.468 e. The maximum Gasteiger partial charge on any atom is 0.327 e. The van der Waals surface area contributed by atoms with Crippen molar-refractivity contribution < 1.29 is 9.53 Å².